The lowest BCUT2D eigenvalue weighted by Crippen LogP contribution is -2.48. The molecular formula is C17H24N6O2. The number of hydrogen-bond acceptors (Lipinski definition) is 7. The maximum absolute atomic E-state index is 12.7. The number of hydrogen-bond donors (Lipinski definition) is 1. The molecule has 2 heterocycles. The lowest BCUT2D eigenvalue weighted by molar-refractivity contribution is -0.122. The first-order chi connectivity index (χ1) is 12.1. The molecule has 8 nitrogen and oxygen atoms in total. The van der Waals surface area contributed by atoms with Gasteiger partial charge in [-0.1, -0.05) is 12.8 Å². The molecule has 1 N–H and O–H groups in total. The van der Waals surface area contributed by atoms with Crippen molar-refractivity contribution in [2.75, 3.05) is 25.2 Å². The summed E-state index contributed by atoms with van der Waals surface area (Å²) in [6, 6.07) is 1.93. The quantitative estimate of drug-likeness (QED) is 0.793. The van der Waals surface area contributed by atoms with Crippen LogP contribution in [0.4, 0.5) is 5.95 Å². The van der Waals surface area contributed by atoms with Gasteiger partial charge in [-0.15, -0.1) is 0 Å². The van der Waals surface area contributed by atoms with Crippen molar-refractivity contribution in [2.24, 2.45) is 5.92 Å². The zero-order valence-electron chi connectivity index (χ0n) is 14.7. The van der Waals surface area contributed by atoms with Crippen molar-refractivity contribution in [3.8, 4) is 6.07 Å². The molecule has 0 spiro atoms. The van der Waals surface area contributed by atoms with Gasteiger partial charge in [-0.25, -0.2) is 4.98 Å². The number of nitrogens with zero attached hydrogens (tertiary/aromatic N) is 5. The topological polar surface area (TPSA) is 104 Å². The Labute approximate surface area is 147 Å². The summed E-state index contributed by atoms with van der Waals surface area (Å²) in [6.45, 7) is 2.71. The second kappa shape index (κ2) is 7.74. The van der Waals surface area contributed by atoms with Gasteiger partial charge in [-0.3, -0.25) is 4.79 Å². The first-order valence-corrected chi connectivity index (χ1v) is 8.81. The summed E-state index contributed by atoms with van der Waals surface area (Å²) < 4.78 is 5.01. The molecule has 1 aromatic heterocycles. The molecule has 0 aromatic carbocycles. The highest BCUT2D eigenvalue weighted by Gasteiger charge is 2.46. The molecule has 1 amide bonds. The minimum absolute atomic E-state index is 0.0250. The SMILES string of the molecule is COCCNC(=O)[C@@H]1C[C@@H]2CCCC[C@@H]2N1c1nc(C)nc(C#N)n1. The Bertz CT molecular complexity index is 674. The van der Waals surface area contributed by atoms with E-state index in [0.29, 0.717) is 30.8 Å². The number of nitriles is 1. The minimum Gasteiger partial charge on any atom is -0.383 e. The Morgan fingerprint density at radius 1 is 1.36 bits per heavy atom. The Kier molecular flexibility index (Phi) is 5.43. The molecule has 0 unspecified atom stereocenters. The van der Waals surface area contributed by atoms with Gasteiger partial charge in [0, 0.05) is 19.7 Å². The zero-order chi connectivity index (χ0) is 17.8. The van der Waals surface area contributed by atoms with E-state index in [1.165, 1.54) is 6.42 Å². The van der Waals surface area contributed by atoms with E-state index >= 15 is 0 Å². The molecule has 1 saturated carbocycles. The number of ether oxygens (including phenoxy) is 1. The van der Waals surface area contributed by atoms with E-state index in [4.69, 9.17) is 10.00 Å². The van der Waals surface area contributed by atoms with Gasteiger partial charge in [0.25, 0.3) is 0 Å². The third kappa shape index (κ3) is 3.71. The summed E-state index contributed by atoms with van der Waals surface area (Å²) in [5, 5.41) is 12.1. The van der Waals surface area contributed by atoms with Crippen molar-refractivity contribution in [2.45, 2.75) is 51.1 Å². The molecular weight excluding hydrogens is 320 g/mol. The van der Waals surface area contributed by atoms with Crippen LogP contribution in [0, 0.1) is 24.2 Å². The van der Waals surface area contributed by atoms with Gasteiger partial charge in [0.1, 0.15) is 17.9 Å². The third-order valence-electron chi connectivity index (χ3n) is 5.06. The van der Waals surface area contributed by atoms with Gasteiger partial charge < -0.3 is 15.0 Å². The summed E-state index contributed by atoms with van der Waals surface area (Å²) in [7, 11) is 1.61. The molecule has 2 fully saturated rings. The standard InChI is InChI=1S/C17H24N6O2/c1-11-20-15(10-18)22-17(21-11)23-13-6-4-3-5-12(13)9-14(23)16(24)19-7-8-25-2/h12-14H,3-9H2,1-2H3,(H,19,24)/t12-,13-,14-/m0/s1. The van der Waals surface area contributed by atoms with E-state index in [2.05, 4.69) is 20.3 Å². The summed E-state index contributed by atoms with van der Waals surface area (Å²) in [5.74, 6) is 1.49. The van der Waals surface area contributed by atoms with E-state index < -0.39 is 0 Å². The zero-order valence-corrected chi connectivity index (χ0v) is 14.7. The molecule has 2 aliphatic rings. The summed E-state index contributed by atoms with van der Waals surface area (Å²) in [4.78, 5) is 27.5. The molecule has 0 bridgehead atoms. The fourth-order valence-electron chi connectivity index (χ4n) is 4.01. The van der Waals surface area contributed by atoms with Crippen LogP contribution in [0.15, 0.2) is 0 Å². The molecule has 0 radical (unpaired) electrons. The van der Waals surface area contributed by atoms with E-state index in [1.807, 2.05) is 11.0 Å². The second-order valence-electron chi connectivity index (χ2n) is 6.67. The van der Waals surface area contributed by atoms with Gasteiger partial charge in [0.15, 0.2) is 0 Å². The van der Waals surface area contributed by atoms with Crippen LogP contribution >= 0.6 is 0 Å². The average Bonchev–Trinajstić information content (AvgIpc) is 3.01. The second-order valence-corrected chi connectivity index (χ2v) is 6.67. The fraction of sp³-hybridized carbons (Fsp3) is 0.706. The van der Waals surface area contributed by atoms with Gasteiger partial charge >= 0.3 is 0 Å². The molecule has 8 heteroatoms. The number of anilines is 1. The average molecular weight is 344 g/mol. The van der Waals surface area contributed by atoms with Crippen molar-refractivity contribution in [1.29, 1.82) is 5.26 Å². The molecule has 3 atom stereocenters. The number of aromatic nitrogens is 3. The highest BCUT2D eigenvalue weighted by Crippen LogP contribution is 2.41. The van der Waals surface area contributed by atoms with Crippen molar-refractivity contribution >= 4 is 11.9 Å². The lowest BCUT2D eigenvalue weighted by Gasteiger charge is -2.33. The maximum Gasteiger partial charge on any atom is 0.242 e. The normalized spacial score (nSPS) is 25.3. The Morgan fingerprint density at radius 3 is 2.92 bits per heavy atom. The molecule has 1 saturated heterocycles. The summed E-state index contributed by atoms with van der Waals surface area (Å²) >= 11 is 0. The first-order valence-electron chi connectivity index (χ1n) is 8.81. The van der Waals surface area contributed by atoms with Gasteiger partial charge in [-0.2, -0.15) is 15.2 Å². The van der Waals surface area contributed by atoms with Crippen molar-refractivity contribution < 1.29 is 9.53 Å². The predicted octanol–water partition coefficient (Wildman–Crippen LogP) is 0.952. The number of nitrogens with one attached hydrogen (secondary N) is 1. The third-order valence-corrected chi connectivity index (χ3v) is 5.06. The van der Waals surface area contributed by atoms with Crippen LogP contribution in [-0.4, -0.2) is 53.2 Å². The van der Waals surface area contributed by atoms with Crippen LogP contribution in [0.25, 0.3) is 0 Å². The molecule has 1 aliphatic heterocycles. The lowest BCUT2D eigenvalue weighted by atomic mass is 9.85. The predicted molar refractivity (Wildman–Crippen MR) is 90.8 cm³/mol. The molecule has 3 rings (SSSR count). The molecule has 134 valence electrons. The fourth-order valence-corrected chi connectivity index (χ4v) is 4.01. The highest BCUT2D eigenvalue weighted by atomic mass is 16.5. The number of amides is 1. The van der Waals surface area contributed by atoms with E-state index in [1.54, 1.807) is 14.0 Å². The molecule has 25 heavy (non-hydrogen) atoms. The van der Waals surface area contributed by atoms with Crippen LogP contribution in [0.1, 0.15) is 43.8 Å². The number of carbonyl (C=O) groups excluding carboxylic acids is 1. The number of methoxy groups -OCH3 is 1. The van der Waals surface area contributed by atoms with Gasteiger partial charge in [-0.05, 0) is 32.1 Å². The van der Waals surface area contributed by atoms with Crippen LogP contribution in [-0.2, 0) is 9.53 Å². The van der Waals surface area contributed by atoms with Crippen LogP contribution in [0.2, 0.25) is 0 Å². The number of carbonyl (C=O) groups is 1. The van der Waals surface area contributed by atoms with Crippen molar-refractivity contribution in [1.82, 2.24) is 20.3 Å². The van der Waals surface area contributed by atoms with Crippen LogP contribution in [0.3, 0.4) is 0 Å². The molecule has 1 aromatic rings. The maximum atomic E-state index is 12.7. The Balaban J connectivity index is 1.89. The van der Waals surface area contributed by atoms with E-state index in [0.717, 1.165) is 25.7 Å². The van der Waals surface area contributed by atoms with Crippen molar-refractivity contribution in [3.63, 3.8) is 0 Å². The van der Waals surface area contributed by atoms with Crippen LogP contribution in [0.5, 0.6) is 0 Å². The molecule has 1 aliphatic carbocycles. The van der Waals surface area contributed by atoms with Gasteiger partial charge in [0.05, 0.1) is 6.61 Å². The monoisotopic (exact) mass is 344 g/mol. The Morgan fingerprint density at radius 2 is 2.16 bits per heavy atom. The Hall–Kier alpha value is -2.27. The van der Waals surface area contributed by atoms with Crippen molar-refractivity contribution in [3.05, 3.63) is 11.6 Å². The largest absolute Gasteiger partial charge is 0.383 e. The number of fused-ring (bicyclic) bond motifs is 1. The summed E-state index contributed by atoms with van der Waals surface area (Å²) in [5.41, 5.74) is 0. The van der Waals surface area contributed by atoms with Crippen LogP contribution < -0.4 is 10.2 Å². The van der Waals surface area contributed by atoms with E-state index in [9.17, 15) is 4.79 Å². The van der Waals surface area contributed by atoms with E-state index in [-0.39, 0.29) is 23.8 Å². The smallest absolute Gasteiger partial charge is 0.242 e. The number of rotatable bonds is 5. The first kappa shape index (κ1) is 17.5. The number of aryl methyl sites for hydroxylation is 1. The van der Waals surface area contributed by atoms with Gasteiger partial charge in [0.2, 0.25) is 17.7 Å². The minimum atomic E-state index is -0.307. The summed E-state index contributed by atoms with van der Waals surface area (Å²) in [6.07, 6.45) is 5.30. The highest BCUT2D eigenvalue weighted by molar-refractivity contribution is 5.85.